The van der Waals surface area contributed by atoms with Crippen LogP contribution >= 0.6 is 0 Å². The van der Waals surface area contributed by atoms with Gasteiger partial charge < -0.3 is 4.57 Å². The summed E-state index contributed by atoms with van der Waals surface area (Å²) in [6.07, 6.45) is 3.31. The minimum Gasteiger partial charge on any atom is -0.318 e. The second-order valence-corrected chi connectivity index (χ2v) is 8.34. The number of nitrogens with zero attached hydrogens (tertiary/aromatic N) is 3. The van der Waals surface area contributed by atoms with Crippen molar-refractivity contribution < 1.29 is 14.4 Å². The summed E-state index contributed by atoms with van der Waals surface area (Å²) >= 11 is 0. The predicted octanol–water partition coefficient (Wildman–Crippen LogP) is 4.62. The number of hydrogen-bond donors (Lipinski definition) is 1. The van der Waals surface area contributed by atoms with E-state index in [-0.39, 0.29) is 5.57 Å². The average Bonchev–Trinajstić information content (AvgIpc) is 3.09. The molecule has 0 bridgehead atoms. The lowest BCUT2D eigenvalue weighted by molar-refractivity contribution is -0.122. The number of imide groups is 2. The van der Waals surface area contributed by atoms with Crippen LogP contribution in [0.15, 0.2) is 72.4 Å². The Hall–Kier alpha value is -4.52. The van der Waals surface area contributed by atoms with Crippen molar-refractivity contribution in [3.05, 3.63) is 94.9 Å². The molecule has 168 valence electrons. The fourth-order valence-electron chi connectivity index (χ4n) is 4.35. The largest absolute Gasteiger partial charge is 0.335 e. The highest BCUT2D eigenvalue weighted by Gasteiger charge is 2.37. The molecule has 7 heteroatoms. The number of anilines is 1. The van der Waals surface area contributed by atoms with Crippen molar-refractivity contribution in [2.24, 2.45) is 0 Å². The molecule has 2 aromatic heterocycles. The van der Waals surface area contributed by atoms with Crippen molar-refractivity contribution in [2.75, 3.05) is 4.90 Å². The Morgan fingerprint density at radius 3 is 2.50 bits per heavy atom. The van der Waals surface area contributed by atoms with Gasteiger partial charge in [-0.15, -0.1) is 0 Å². The first-order valence-electron chi connectivity index (χ1n) is 10.9. The molecule has 34 heavy (non-hydrogen) atoms. The van der Waals surface area contributed by atoms with Crippen LogP contribution in [0.4, 0.5) is 10.5 Å². The quantitative estimate of drug-likeness (QED) is 0.365. The van der Waals surface area contributed by atoms with Gasteiger partial charge in [0.15, 0.2) is 0 Å². The van der Waals surface area contributed by atoms with Crippen LogP contribution < -0.4 is 10.2 Å². The lowest BCUT2D eigenvalue weighted by Crippen LogP contribution is -2.54. The molecule has 1 saturated heterocycles. The molecule has 3 heterocycles. The summed E-state index contributed by atoms with van der Waals surface area (Å²) in [6.45, 7) is 5.77. The third-order valence-corrected chi connectivity index (χ3v) is 5.98. The van der Waals surface area contributed by atoms with E-state index in [9.17, 15) is 14.4 Å². The van der Waals surface area contributed by atoms with Gasteiger partial charge in [0.05, 0.1) is 11.2 Å². The van der Waals surface area contributed by atoms with Gasteiger partial charge in [-0.25, -0.2) is 9.69 Å². The molecule has 1 aliphatic rings. The number of amides is 4. The predicted molar refractivity (Wildman–Crippen MR) is 131 cm³/mol. The van der Waals surface area contributed by atoms with Gasteiger partial charge in [-0.3, -0.25) is 19.9 Å². The van der Waals surface area contributed by atoms with Gasteiger partial charge in [-0.05, 0) is 80.4 Å². The maximum absolute atomic E-state index is 13.2. The van der Waals surface area contributed by atoms with Gasteiger partial charge in [0.1, 0.15) is 5.57 Å². The molecule has 7 nitrogen and oxygen atoms in total. The van der Waals surface area contributed by atoms with E-state index in [1.54, 1.807) is 30.5 Å². The van der Waals surface area contributed by atoms with Crippen LogP contribution in [0.5, 0.6) is 0 Å². The summed E-state index contributed by atoms with van der Waals surface area (Å²) < 4.78 is 2.06. The Morgan fingerprint density at radius 1 is 0.882 bits per heavy atom. The number of barbiturate groups is 1. The molecule has 5 rings (SSSR count). The first-order chi connectivity index (χ1) is 16.3. The maximum atomic E-state index is 13.2. The van der Waals surface area contributed by atoms with Gasteiger partial charge in [0, 0.05) is 28.7 Å². The SMILES string of the molecule is Cc1cccc(N2C(=O)NC(=O)/C(=C\c3cc(C)n(-c4ccc5ncccc5c4)c3C)C2=O)c1. The smallest absolute Gasteiger partial charge is 0.318 e. The van der Waals surface area contributed by atoms with Crippen LogP contribution in [0, 0.1) is 20.8 Å². The highest BCUT2D eigenvalue weighted by Crippen LogP contribution is 2.27. The van der Waals surface area contributed by atoms with E-state index >= 15 is 0 Å². The van der Waals surface area contributed by atoms with Gasteiger partial charge in [-0.2, -0.15) is 0 Å². The molecule has 1 N–H and O–H groups in total. The second-order valence-electron chi connectivity index (χ2n) is 8.34. The molecule has 1 fully saturated rings. The number of hydrogen-bond acceptors (Lipinski definition) is 4. The fourth-order valence-corrected chi connectivity index (χ4v) is 4.35. The lowest BCUT2D eigenvalue weighted by Gasteiger charge is -2.26. The molecule has 0 atom stereocenters. The normalized spacial score (nSPS) is 15.3. The Balaban J connectivity index is 1.57. The molecular formula is C27H22N4O3. The number of pyridine rings is 1. The number of urea groups is 1. The summed E-state index contributed by atoms with van der Waals surface area (Å²) in [5.74, 6) is -1.36. The standard InChI is InChI=1S/C27H22N4O3/c1-16-6-4-8-21(12-16)31-26(33)23(25(32)29-27(31)34)15-20-13-17(2)30(18(20)3)22-9-10-24-19(14-22)7-5-11-28-24/h4-15H,1-3H3,(H,29,32,34)/b23-15+. The van der Waals surface area contributed by atoms with Crippen molar-refractivity contribution in [2.45, 2.75) is 20.8 Å². The minimum absolute atomic E-state index is 0.0935. The van der Waals surface area contributed by atoms with E-state index in [1.807, 2.05) is 57.2 Å². The van der Waals surface area contributed by atoms with Crippen molar-refractivity contribution in [1.29, 1.82) is 0 Å². The zero-order valence-electron chi connectivity index (χ0n) is 19.0. The molecule has 1 aliphatic heterocycles. The van der Waals surface area contributed by atoms with Gasteiger partial charge in [0.2, 0.25) is 0 Å². The Morgan fingerprint density at radius 2 is 1.71 bits per heavy atom. The topological polar surface area (TPSA) is 84.3 Å². The summed E-state index contributed by atoms with van der Waals surface area (Å²) in [5.41, 5.74) is 5.61. The van der Waals surface area contributed by atoms with E-state index in [4.69, 9.17) is 0 Å². The van der Waals surface area contributed by atoms with Crippen molar-refractivity contribution >= 4 is 40.5 Å². The molecule has 0 radical (unpaired) electrons. The summed E-state index contributed by atoms with van der Waals surface area (Å²) in [4.78, 5) is 43.7. The molecule has 4 amide bonds. The highest BCUT2D eigenvalue weighted by molar-refractivity contribution is 6.39. The van der Waals surface area contributed by atoms with Gasteiger partial charge >= 0.3 is 6.03 Å². The van der Waals surface area contributed by atoms with Crippen LogP contribution in [0.2, 0.25) is 0 Å². The van der Waals surface area contributed by atoms with Crippen LogP contribution in [0.25, 0.3) is 22.7 Å². The van der Waals surface area contributed by atoms with Crippen LogP contribution in [0.3, 0.4) is 0 Å². The number of fused-ring (bicyclic) bond motifs is 1. The van der Waals surface area contributed by atoms with E-state index < -0.39 is 17.8 Å². The molecule has 2 aromatic carbocycles. The van der Waals surface area contributed by atoms with Crippen molar-refractivity contribution in [1.82, 2.24) is 14.9 Å². The molecule has 0 spiro atoms. The summed E-state index contributed by atoms with van der Waals surface area (Å²) in [7, 11) is 0. The van der Waals surface area contributed by atoms with Crippen LogP contribution in [-0.4, -0.2) is 27.4 Å². The van der Waals surface area contributed by atoms with E-state index in [0.29, 0.717) is 5.69 Å². The number of rotatable bonds is 3. The van der Waals surface area contributed by atoms with E-state index in [2.05, 4.69) is 20.9 Å². The minimum atomic E-state index is -0.756. The number of carbonyl (C=O) groups excluding carboxylic acids is 3. The summed E-state index contributed by atoms with van der Waals surface area (Å²) in [5, 5.41) is 3.30. The van der Waals surface area contributed by atoms with E-state index in [1.165, 1.54) is 0 Å². The second kappa shape index (κ2) is 8.12. The number of carbonyl (C=O) groups is 3. The Bertz CT molecular complexity index is 1530. The first kappa shape index (κ1) is 21.3. The van der Waals surface area contributed by atoms with Crippen LogP contribution in [0.1, 0.15) is 22.5 Å². The number of nitrogens with one attached hydrogen (secondary N) is 1. The van der Waals surface area contributed by atoms with Crippen LogP contribution in [-0.2, 0) is 9.59 Å². The fraction of sp³-hybridized carbons (Fsp3) is 0.111. The van der Waals surface area contributed by atoms with Crippen molar-refractivity contribution in [3.8, 4) is 5.69 Å². The third kappa shape index (κ3) is 3.57. The zero-order chi connectivity index (χ0) is 24.0. The van der Waals surface area contributed by atoms with Gasteiger partial charge in [-0.1, -0.05) is 18.2 Å². The van der Waals surface area contributed by atoms with Gasteiger partial charge in [0.25, 0.3) is 11.8 Å². The molecule has 0 unspecified atom stereocenters. The number of benzene rings is 2. The maximum Gasteiger partial charge on any atom is 0.335 e. The monoisotopic (exact) mass is 450 g/mol. The van der Waals surface area contributed by atoms with Crippen molar-refractivity contribution in [3.63, 3.8) is 0 Å². The number of aromatic nitrogens is 2. The molecular weight excluding hydrogens is 428 g/mol. The summed E-state index contributed by atoms with van der Waals surface area (Å²) in [6, 6.07) is 18.1. The lowest BCUT2D eigenvalue weighted by atomic mass is 10.1. The zero-order valence-corrected chi connectivity index (χ0v) is 19.0. The molecule has 4 aromatic rings. The molecule has 0 aliphatic carbocycles. The first-order valence-corrected chi connectivity index (χ1v) is 10.9. The van der Waals surface area contributed by atoms with E-state index in [0.717, 1.165) is 44.0 Å². The Labute approximate surface area is 196 Å². The average molecular weight is 450 g/mol. The Kier molecular flexibility index (Phi) is 5.09. The third-order valence-electron chi connectivity index (χ3n) is 5.98. The number of aryl methyl sites for hydroxylation is 2. The molecule has 0 saturated carbocycles. The highest BCUT2D eigenvalue weighted by atomic mass is 16.2.